The third-order valence-electron chi connectivity index (χ3n) is 15.7. The van der Waals surface area contributed by atoms with Gasteiger partial charge in [-0.25, -0.2) is 0 Å². The molecular formula is C53H58O11. The second-order valence-electron chi connectivity index (χ2n) is 18.4. The van der Waals surface area contributed by atoms with Gasteiger partial charge in [0.2, 0.25) is 0 Å². The predicted molar refractivity (Wildman–Crippen MR) is 234 cm³/mol. The summed E-state index contributed by atoms with van der Waals surface area (Å²) in [5.41, 5.74) is -5.63. The third kappa shape index (κ3) is 7.25. The first-order valence-corrected chi connectivity index (χ1v) is 22.4. The summed E-state index contributed by atoms with van der Waals surface area (Å²) in [5.74, 6) is -5.30. The van der Waals surface area contributed by atoms with Gasteiger partial charge in [0.1, 0.15) is 32.2 Å². The SMILES string of the molecule is COC1(OC)CCC2(C(=O)OCc3ccccc3)C3CC[C@]4(C)C(=O)CCCC4(C(=O)OCc4ccccc4)C3(C(=O)OCc3ccccc3)CCC2(C(=O)OCc2ccccc2)C1. The van der Waals surface area contributed by atoms with Crippen LogP contribution >= 0.6 is 0 Å². The number of Topliss-reactive ketones (excluding diaryl/α,β-unsaturated/α-hetero) is 1. The van der Waals surface area contributed by atoms with Crippen LogP contribution in [-0.2, 0) is 78.8 Å². The minimum absolute atomic E-state index is 0.0269. The molecule has 11 nitrogen and oxygen atoms in total. The lowest BCUT2D eigenvalue weighted by molar-refractivity contribution is -0.307. The van der Waals surface area contributed by atoms with Gasteiger partial charge in [-0.3, -0.25) is 24.0 Å². The van der Waals surface area contributed by atoms with Gasteiger partial charge in [0.15, 0.2) is 5.79 Å². The van der Waals surface area contributed by atoms with Crippen molar-refractivity contribution >= 4 is 29.7 Å². The number of hydrogen-bond acceptors (Lipinski definition) is 11. The van der Waals surface area contributed by atoms with E-state index in [1.54, 1.807) is 6.92 Å². The number of methoxy groups -OCH3 is 2. The molecule has 0 aliphatic heterocycles. The number of carbonyl (C=O) groups excluding carboxylic acids is 5. The number of hydrogen-bond donors (Lipinski definition) is 0. The molecule has 64 heavy (non-hydrogen) atoms. The molecule has 6 atom stereocenters. The van der Waals surface area contributed by atoms with Gasteiger partial charge in [0.25, 0.3) is 0 Å². The second kappa shape index (κ2) is 18.1. The highest BCUT2D eigenvalue weighted by molar-refractivity contribution is 6.00. The lowest BCUT2D eigenvalue weighted by atomic mass is 9.29. The van der Waals surface area contributed by atoms with Gasteiger partial charge in [0.05, 0.1) is 21.7 Å². The van der Waals surface area contributed by atoms with Crippen LogP contribution < -0.4 is 0 Å². The molecule has 5 unspecified atom stereocenters. The Morgan fingerprint density at radius 3 is 1.41 bits per heavy atom. The number of fused-ring (bicyclic) bond motifs is 5. The molecule has 0 saturated heterocycles. The lowest BCUT2D eigenvalue weighted by Crippen LogP contribution is -2.78. The van der Waals surface area contributed by atoms with Crippen molar-refractivity contribution < 1.29 is 52.4 Å². The van der Waals surface area contributed by atoms with Crippen molar-refractivity contribution in [2.75, 3.05) is 14.2 Å². The summed E-state index contributed by atoms with van der Waals surface area (Å²) in [6.07, 6.45) is 0.703. The summed E-state index contributed by atoms with van der Waals surface area (Å²) in [7, 11) is 3.03. The minimum atomic E-state index is -1.85. The quantitative estimate of drug-likeness (QED) is 0.0681. The highest BCUT2D eigenvalue weighted by atomic mass is 16.7. The Balaban J connectivity index is 1.35. The third-order valence-corrected chi connectivity index (χ3v) is 15.7. The molecule has 4 fully saturated rings. The molecule has 4 aliphatic rings. The Kier molecular flexibility index (Phi) is 12.7. The van der Waals surface area contributed by atoms with E-state index in [1.807, 2.05) is 121 Å². The van der Waals surface area contributed by atoms with Crippen LogP contribution in [0, 0.1) is 33.0 Å². The van der Waals surface area contributed by atoms with Crippen LogP contribution in [0.3, 0.4) is 0 Å². The Hall–Kier alpha value is -5.65. The molecule has 0 N–H and O–H groups in total. The minimum Gasteiger partial charge on any atom is -0.460 e. The number of rotatable bonds is 14. The average molecular weight is 871 g/mol. The molecule has 0 spiro atoms. The Morgan fingerprint density at radius 2 is 0.938 bits per heavy atom. The number of ketones is 1. The number of benzene rings is 4. The number of ether oxygens (including phenoxy) is 6. The summed E-state index contributed by atoms with van der Waals surface area (Å²) < 4.78 is 37.8. The predicted octanol–water partition coefficient (Wildman–Crippen LogP) is 9.04. The van der Waals surface area contributed by atoms with Crippen molar-refractivity contribution in [1.29, 1.82) is 0 Å². The van der Waals surface area contributed by atoms with E-state index in [1.165, 1.54) is 14.2 Å². The van der Waals surface area contributed by atoms with Gasteiger partial charge in [-0.1, -0.05) is 128 Å². The lowest BCUT2D eigenvalue weighted by Gasteiger charge is -2.71. The zero-order chi connectivity index (χ0) is 45.1. The molecule has 336 valence electrons. The van der Waals surface area contributed by atoms with E-state index in [-0.39, 0.29) is 90.0 Å². The zero-order valence-electron chi connectivity index (χ0n) is 37.0. The first-order chi connectivity index (χ1) is 31.0. The van der Waals surface area contributed by atoms with E-state index in [9.17, 15) is 4.79 Å². The molecule has 0 bridgehead atoms. The smallest absolute Gasteiger partial charge is 0.314 e. The van der Waals surface area contributed by atoms with Crippen LogP contribution in [0.5, 0.6) is 0 Å². The van der Waals surface area contributed by atoms with Crippen molar-refractivity contribution in [3.05, 3.63) is 144 Å². The summed E-state index contributed by atoms with van der Waals surface area (Å²) in [6, 6.07) is 37.0. The van der Waals surface area contributed by atoms with Gasteiger partial charge in [-0.15, -0.1) is 0 Å². The number of carbonyl (C=O) groups is 5. The van der Waals surface area contributed by atoms with Gasteiger partial charge in [-0.2, -0.15) is 0 Å². The number of esters is 4. The summed E-state index contributed by atoms with van der Waals surface area (Å²) >= 11 is 0. The molecular weight excluding hydrogens is 813 g/mol. The Bertz CT molecular complexity index is 2320. The maximum Gasteiger partial charge on any atom is 0.314 e. The summed E-state index contributed by atoms with van der Waals surface area (Å²) in [6.45, 7) is 1.37. The fourth-order valence-corrected chi connectivity index (χ4v) is 12.5. The van der Waals surface area contributed by atoms with E-state index in [2.05, 4.69) is 0 Å². The molecule has 0 heterocycles. The Labute approximate surface area is 375 Å². The van der Waals surface area contributed by atoms with Crippen LogP contribution in [-0.4, -0.2) is 49.7 Å². The van der Waals surface area contributed by atoms with E-state index in [4.69, 9.17) is 28.4 Å². The van der Waals surface area contributed by atoms with Gasteiger partial charge < -0.3 is 28.4 Å². The Morgan fingerprint density at radius 1 is 0.516 bits per heavy atom. The van der Waals surface area contributed by atoms with Crippen LogP contribution in [0.4, 0.5) is 0 Å². The highest BCUT2D eigenvalue weighted by Gasteiger charge is 2.85. The van der Waals surface area contributed by atoms with E-state index in [0.29, 0.717) is 6.42 Å². The van der Waals surface area contributed by atoms with Crippen molar-refractivity contribution in [3.63, 3.8) is 0 Å². The molecule has 0 radical (unpaired) electrons. The van der Waals surface area contributed by atoms with E-state index >= 15 is 19.2 Å². The first kappa shape index (κ1) is 44.9. The van der Waals surface area contributed by atoms with Crippen molar-refractivity contribution in [2.45, 2.75) is 103 Å². The average Bonchev–Trinajstić information content (AvgIpc) is 3.34. The molecule has 4 aliphatic carbocycles. The summed E-state index contributed by atoms with van der Waals surface area (Å²) in [4.78, 5) is 77.9. The fraction of sp³-hybridized carbons (Fsp3) is 0.453. The van der Waals surface area contributed by atoms with Gasteiger partial charge >= 0.3 is 23.9 Å². The molecule has 8 rings (SSSR count). The highest BCUT2D eigenvalue weighted by Crippen LogP contribution is 2.79. The van der Waals surface area contributed by atoms with E-state index in [0.717, 1.165) is 22.3 Å². The maximum atomic E-state index is 16.0. The van der Waals surface area contributed by atoms with Crippen molar-refractivity contribution in [3.8, 4) is 0 Å². The van der Waals surface area contributed by atoms with Gasteiger partial charge in [-0.05, 0) is 73.1 Å². The standard InChI is InChI=1S/C53H58O11/c1-48-28-26-42-51(45(56)62-34-39-19-10-5-11-20-39)32-30-50(59-2,60-3)37-49(51,44(55)61-33-38-17-8-4-9-18-38)29-31-52(42,46(57)63-35-40-21-12-6-13-22-40)53(48,27-16-25-43(48)54)47(58)64-36-41-23-14-7-15-24-41/h4-15,17-24,42H,16,25-37H2,1-3H3/t42?,48-,49?,51?,52?,53?/m1/s1. The molecule has 11 heteroatoms. The molecule has 0 amide bonds. The van der Waals surface area contributed by atoms with Crippen LogP contribution in [0.25, 0.3) is 0 Å². The van der Waals surface area contributed by atoms with Crippen molar-refractivity contribution in [2.24, 2.45) is 33.0 Å². The fourth-order valence-electron chi connectivity index (χ4n) is 12.5. The summed E-state index contributed by atoms with van der Waals surface area (Å²) in [5, 5.41) is 0. The first-order valence-electron chi connectivity index (χ1n) is 22.4. The van der Waals surface area contributed by atoms with Crippen LogP contribution in [0.15, 0.2) is 121 Å². The normalized spacial score (nSPS) is 29.2. The molecule has 0 aromatic heterocycles. The molecule has 4 aromatic carbocycles. The van der Waals surface area contributed by atoms with E-state index < -0.39 is 62.7 Å². The van der Waals surface area contributed by atoms with Crippen LogP contribution in [0.1, 0.15) is 93.4 Å². The molecule has 4 aromatic rings. The second-order valence-corrected chi connectivity index (χ2v) is 18.4. The van der Waals surface area contributed by atoms with Gasteiger partial charge in [0, 0.05) is 38.9 Å². The molecule has 4 saturated carbocycles. The van der Waals surface area contributed by atoms with Crippen LogP contribution in [0.2, 0.25) is 0 Å². The zero-order valence-corrected chi connectivity index (χ0v) is 37.0. The topological polar surface area (TPSA) is 141 Å². The van der Waals surface area contributed by atoms with Crippen molar-refractivity contribution in [1.82, 2.24) is 0 Å². The monoisotopic (exact) mass is 870 g/mol. The largest absolute Gasteiger partial charge is 0.460 e. The maximum absolute atomic E-state index is 16.0.